The van der Waals surface area contributed by atoms with Crippen molar-refractivity contribution in [2.75, 3.05) is 13.1 Å². The van der Waals surface area contributed by atoms with Gasteiger partial charge in [0.05, 0.1) is 11.7 Å². The molecule has 3 heterocycles. The zero-order valence-electron chi connectivity index (χ0n) is 15.4. The minimum Gasteiger partial charge on any atom is -0.314 e. The zero-order valence-corrected chi connectivity index (χ0v) is 15.4. The summed E-state index contributed by atoms with van der Waals surface area (Å²) < 4.78 is 0. The summed E-state index contributed by atoms with van der Waals surface area (Å²) in [5.41, 5.74) is 4.27. The lowest BCUT2D eigenvalue weighted by Crippen LogP contribution is -2.23. The second kappa shape index (κ2) is 6.82. The first-order valence-corrected chi connectivity index (χ1v) is 10.4. The van der Waals surface area contributed by atoms with Crippen molar-refractivity contribution in [2.45, 2.75) is 69.9 Å². The molecule has 4 N–H and O–H groups in total. The van der Waals surface area contributed by atoms with E-state index in [4.69, 9.17) is 0 Å². The summed E-state index contributed by atoms with van der Waals surface area (Å²) in [4.78, 5) is 15.4. The lowest BCUT2D eigenvalue weighted by Gasteiger charge is -2.21. The molecule has 0 radical (unpaired) electrons. The van der Waals surface area contributed by atoms with Crippen LogP contribution in [0.4, 0.5) is 0 Å². The molecule has 2 aromatic rings. The van der Waals surface area contributed by atoms with Gasteiger partial charge in [0.1, 0.15) is 5.65 Å². The number of aromatic nitrogens is 3. The standard InChI is InChI=1S/C20H29N5O/c26-20-15-6-2-1-5-14(15)16-18(24-25-19(16)23-20)17-12(9-11-22-17)4-3-10-21-13-7-8-13/h12-13,17,21-22H,1-11H2,(H2,23,24,25,26). The molecule has 6 nitrogen and oxygen atoms in total. The Kier molecular flexibility index (Phi) is 4.33. The smallest absolute Gasteiger partial charge is 0.253 e. The lowest BCUT2D eigenvalue weighted by atomic mass is 9.87. The molecule has 1 saturated heterocycles. The molecular formula is C20H29N5O. The van der Waals surface area contributed by atoms with E-state index < -0.39 is 0 Å². The van der Waals surface area contributed by atoms with E-state index in [1.54, 1.807) is 0 Å². The van der Waals surface area contributed by atoms with Crippen molar-refractivity contribution < 1.29 is 0 Å². The van der Waals surface area contributed by atoms with Crippen LogP contribution in [0.2, 0.25) is 0 Å². The number of rotatable bonds is 6. The summed E-state index contributed by atoms with van der Waals surface area (Å²) in [6, 6.07) is 1.10. The molecule has 6 heteroatoms. The van der Waals surface area contributed by atoms with Crippen LogP contribution >= 0.6 is 0 Å². The second-order valence-corrected chi connectivity index (χ2v) is 8.33. The lowest BCUT2D eigenvalue weighted by molar-refractivity contribution is 0.408. The predicted molar refractivity (Wildman–Crippen MR) is 102 cm³/mol. The van der Waals surface area contributed by atoms with Crippen LogP contribution in [-0.2, 0) is 12.8 Å². The topological polar surface area (TPSA) is 85.6 Å². The number of hydrogen-bond donors (Lipinski definition) is 4. The second-order valence-electron chi connectivity index (χ2n) is 8.33. The van der Waals surface area contributed by atoms with E-state index in [0.717, 1.165) is 55.3 Å². The average Bonchev–Trinajstić information content (AvgIpc) is 3.21. The Labute approximate surface area is 153 Å². The first kappa shape index (κ1) is 16.5. The Morgan fingerprint density at radius 2 is 1.96 bits per heavy atom. The van der Waals surface area contributed by atoms with Crippen molar-refractivity contribution in [2.24, 2.45) is 5.92 Å². The Morgan fingerprint density at radius 1 is 1.12 bits per heavy atom. The zero-order chi connectivity index (χ0) is 17.5. The monoisotopic (exact) mass is 355 g/mol. The summed E-state index contributed by atoms with van der Waals surface area (Å²) in [7, 11) is 0. The minimum absolute atomic E-state index is 0.0736. The summed E-state index contributed by atoms with van der Waals surface area (Å²) in [5, 5.41) is 16.3. The van der Waals surface area contributed by atoms with Crippen LogP contribution in [0.3, 0.4) is 0 Å². The predicted octanol–water partition coefficient (Wildman–Crippen LogP) is 2.31. The fourth-order valence-corrected chi connectivity index (χ4v) is 4.94. The fraction of sp³-hybridized carbons (Fsp3) is 0.700. The highest BCUT2D eigenvalue weighted by atomic mass is 16.1. The molecule has 140 valence electrons. The van der Waals surface area contributed by atoms with Crippen molar-refractivity contribution in [3.63, 3.8) is 0 Å². The molecule has 5 rings (SSSR count). The van der Waals surface area contributed by atoms with Gasteiger partial charge in [0.2, 0.25) is 0 Å². The van der Waals surface area contributed by atoms with Gasteiger partial charge in [0, 0.05) is 17.0 Å². The number of H-pyrrole nitrogens is 2. The van der Waals surface area contributed by atoms with E-state index in [1.165, 1.54) is 49.5 Å². The molecule has 2 unspecified atom stereocenters. The molecule has 2 fully saturated rings. The molecule has 0 aromatic carbocycles. The third kappa shape index (κ3) is 2.99. The van der Waals surface area contributed by atoms with Gasteiger partial charge in [-0.15, -0.1) is 0 Å². The number of nitrogens with zero attached hydrogens (tertiary/aromatic N) is 1. The molecule has 0 spiro atoms. The van der Waals surface area contributed by atoms with Crippen molar-refractivity contribution in [1.29, 1.82) is 0 Å². The molecule has 2 aromatic heterocycles. The van der Waals surface area contributed by atoms with E-state index >= 15 is 0 Å². The Morgan fingerprint density at radius 3 is 2.81 bits per heavy atom. The molecule has 0 bridgehead atoms. The maximum atomic E-state index is 12.4. The van der Waals surface area contributed by atoms with Crippen LogP contribution in [0.1, 0.15) is 67.8 Å². The highest BCUT2D eigenvalue weighted by molar-refractivity contribution is 5.83. The van der Waals surface area contributed by atoms with Crippen LogP contribution in [0.25, 0.3) is 11.0 Å². The maximum absolute atomic E-state index is 12.4. The minimum atomic E-state index is 0.0736. The number of fused-ring (bicyclic) bond motifs is 3. The first-order valence-electron chi connectivity index (χ1n) is 10.4. The van der Waals surface area contributed by atoms with Crippen LogP contribution in [0.15, 0.2) is 4.79 Å². The number of hydrogen-bond acceptors (Lipinski definition) is 4. The molecule has 1 aliphatic heterocycles. The van der Waals surface area contributed by atoms with Crippen molar-refractivity contribution in [3.05, 3.63) is 27.2 Å². The van der Waals surface area contributed by atoms with Crippen LogP contribution < -0.4 is 16.2 Å². The van der Waals surface area contributed by atoms with Crippen molar-refractivity contribution >= 4 is 11.0 Å². The van der Waals surface area contributed by atoms with Gasteiger partial charge in [0.25, 0.3) is 5.56 Å². The third-order valence-electron chi connectivity index (χ3n) is 6.48. The molecule has 26 heavy (non-hydrogen) atoms. The average molecular weight is 355 g/mol. The van der Waals surface area contributed by atoms with E-state index in [9.17, 15) is 4.79 Å². The van der Waals surface area contributed by atoms with Crippen LogP contribution in [0.5, 0.6) is 0 Å². The van der Waals surface area contributed by atoms with Gasteiger partial charge in [-0.3, -0.25) is 9.89 Å². The van der Waals surface area contributed by atoms with Gasteiger partial charge >= 0.3 is 0 Å². The van der Waals surface area contributed by atoms with Crippen LogP contribution in [-0.4, -0.2) is 34.3 Å². The molecule has 3 aliphatic rings. The molecular weight excluding hydrogens is 326 g/mol. The van der Waals surface area contributed by atoms with Gasteiger partial charge in [-0.25, -0.2) is 0 Å². The summed E-state index contributed by atoms with van der Waals surface area (Å²) in [6.07, 6.45) is 10.6. The molecule has 2 atom stereocenters. The number of aryl methyl sites for hydroxylation is 1. The van der Waals surface area contributed by atoms with E-state index in [-0.39, 0.29) is 5.56 Å². The van der Waals surface area contributed by atoms with E-state index in [1.807, 2.05) is 0 Å². The number of pyridine rings is 1. The Balaban J connectivity index is 1.41. The van der Waals surface area contributed by atoms with Gasteiger partial charge in [-0.1, -0.05) is 0 Å². The first-order chi connectivity index (χ1) is 12.8. The van der Waals surface area contributed by atoms with Crippen LogP contribution in [0, 0.1) is 5.92 Å². The summed E-state index contributed by atoms with van der Waals surface area (Å²) in [5.74, 6) is 0.633. The SMILES string of the molecule is O=c1[nH]c2[nH]nc(C3NCCC3CCCNC3CC3)c2c2c1CCCC2. The van der Waals surface area contributed by atoms with Gasteiger partial charge in [0.15, 0.2) is 0 Å². The quantitative estimate of drug-likeness (QED) is 0.599. The number of nitrogens with one attached hydrogen (secondary N) is 4. The fourth-order valence-electron chi connectivity index (χ4n) is 4.94. The van der Waals surface area contributed by atoms with Gasteiger partial charge < -0.3 is 15.6 Å². The maximum Gasteiger partial charge on any atom is 0.253 e. The van der Waals surface area contributed by atoms with E-state index in [2.05, 4.69) is 25.8 Å². The normalized spacial score (nSPS) is 25.7. The molecule has 1 saturated carbocycles. The van der Waals surface area contributed by atoms with Gasteiger partial charge in [-0.2, -0.15) is 5.10 Å². The molecule has 0 amide bonds. The third-order valence-corrected chi connectivity index (χ3v) is 6.48. The van der Waals surface area contributed by atoms with Crippen molar-refractivity contribution in [3.8, 4) is 0 Å². The summed E-state index contributed by atoms with van der Waals surface area (Å²) >= 11 is 0. The highest BCUT2D eigenvalue weighted by Gasteiger charge is 2.33. The summed E-state index contributed by atoms with van der Waals surface area (Å²) in [6.45, 7) is 2.20. The van der Waals surface area contributed by atoms with Gasteiger partial charge in [-0.05, 0) is 82.4 Å². The molecule has 2 aliphatic carbocycles. The van der Waals surface area contributed by atoms with E-state index in [0.29, 0.717) is 12.0 Å². The number of aromatic amines is 2. The Hall–Kier alpha value is -1.66. The Bertz CT molecular complexity index is 850. The largest absolute Gasteiger partial charge is 0.314 e. The van der Waals surface area contributed by atoms with Crippen molar-refractivity contribution in [1.82, 2.24) is 25.8 Å². The highest BCUT2D eigenvalue weighted by Crippen LogP contribution is 2.37.